The quantitative estimate of drug-likeness (QED) is 0.908. The number of amides is 1. The lowest BCUT2D eigenvalue weighted by Gasteiger charge is -2.25. The molecule has 1 heterocycles. The van der Waals surface area contributed by atoms with Gasteiger partial charge in [-0.1, -0.05) is 6.42 Å². The van der Waals surface area contributed by atoms with Crippen molar-refractivity contribution >= 4 is 21.8 Å². The molecule has 1 aliphatic rings. The van der Waals surface area contributed by atoms with Crippen molar-refractivity contribution in [1.82, 2.24) is 15.1 Å². The van der Waals surface area contributed by atoms with Gasteiger partial charge < -0.3 is 5.32 Å². The number of nitrogens with one attached hydrogen (secondary N) is 1. The average molecular weight is 314 g/mol. The Morgan fingerprint density at radius 2 is 2.22 bits per heavy atom. The van der Waals surface area contributed by atoms with Gasteiger partial charge in [-0.2, -0.15) is 5.10 Å². The van der Waals surface area contributed by atoms with E-state index in [1.165, 1.54) is 19.3 Å². The predicted molar refractivity (Wildman–Crippen MR) is 74.4 cm³/mol. The van der Waals surface area contributed by atoms with Gasteiger partial charge in [0.2, 0.25) is 5.91 Å². The highest BCUT2D eigenvalue weighted by atomic mass is 79.9. The highest BCUT2D eigenvalue weighted by molar-refractivity contribution is 9.10. The second kappa shape index (κ2) is 5.87. The van der Waals surface area contributed by atoms with Gasteiger partial charge in [0.1, 0.15) is 0 Å². The normalized spacial score (nSPS) is 15.5. The molecule has 18 heavy (non-hydrogen) atoms. The first kappa shape index (κ1) is 13.6. The summed E-state index contributed by atoms with van der Waals surface area (Å²) in [5.74, 6) is 0.849. The average Bonchev–Trinajstić information content (AvgIpc) is 2.52. The zero-order chi connectivity index (χ0) is 13.1. The molecule has 0 aromatic carbocycles. The summed E-state index contributed by atoms with van der Waals surface area (Å²) in [6.07, 6.45) is 4.36. The van der Waals surface area contributed by atoms with Gasteiger partial charge in [0.05, 0.1) is 16.7 Å². The van der Waals surface area contributed by atoms with Gasteiger partial charge in [0.25, 0.3) is 0 Å². The minimum Gasteiger partial charge on any atom is -0.356 e. The summed E-state index contributed by atoms with van der Waals surface area (Å²) < 4.78 is 2.93. The Balaban J connectivity index is 1.76. The lowest BCUT2D eigenvalue weighted by atomic mass is 9.85. The van der Waals surface area contributed by atoms with Crippen molar-refractivity contribution in [3.8, 4) is 0 Å². The first-order valence-corrected chi connectivity index (χ1v) is 7.33. The van der Waals surface area contributed by atoms with Gasteiger partial charge in [-0.15, -0.1) is 0 Å². The molecule has 1 aliphatic carbocycles. The van der Waals surface area contributed by atoms with Gasteiger partial charge in [0, 0.05) is 18.7 Å². The van der Waals surface area contributed by atoms with Gasteiger partial charge in [-0.25, -0.2) is 0 Å². The summed E-state index contributed by atoms with van der Waals surface area (Å²) in [7, 11) is 0. The lowest BCUT2D eigenvalue weighted by molar-refractivity contribution is -0.121. The smallest absolute Gasteiger partial charge is 0.221 e. The fourth-order valence-corrected chi connectivity index (χ4v) is 2.43. The fraction of sp³-hybridized carbons (Fsp3) is 0.692. The standard InChI is InChI=1S/C13H20BrN3O/c1-9-13(14)10(2)17(16-9)7-6-12(18)15-8-11-4-3-5-11/h11H,3-8H2,1-2H3,(H,15,18). The largest absolute Gasteiger partial charge is 0.356 e. The van der Waals surface area contributed by atoms with Crippen molar-refractivity contribution in [3.05, 3.63) is 15.9 Å². The Hall–Kier alpha value is -0.840. The van der Waals surface area contributed by atoms with Crippen LogP contribution in [0.25, 0.3) is 0 Å². The topological polar surface area (TPSA) is 46.9 Å². The predicted octanol–water partition coefficient (Wildman–Crippen LogP) is 2.57. The van der Waals surface area contributed by atoms with Crippen LogP contribution in [0.2, 0.25) is 0 Å². The van der Waals surface area contributed by atoms with Crippen LogP contribution in [0.1, 0.15) is 37.1 Å². The van der Waals surface area contributed by atoms with Crippen molar-refractivity contribution in [3.63, 3.8) is 0 Å². The van der Waals surface area contributed by atoms with E-state index in [0.717, 1.165) is 28.3 Å². The number of carbonyl (C=O) groups is 1. The number of hydrogen-bond acceptors (Lipinski definition) is 2. The minimum absolute atomic E-state index is 0.130. The zero-order valence-electron chi connectivity index (χ0n) is 11.0. The van der Waals surface area contributed by atoms with E-state index in [1.807, 2.05) is 18.5 Å². The van der Waals surface area contributed by atoms with Crippen LogP contribution in [0.4, 0.5) is 0 Å². The van der Waals surface area contributed by atoms with Crippen molar-refractivity contribution in [2.24, 2.45) is 5.92 Å². The van der Waals surface area contributed by atoms with Crippen molar-refractivity contribution in [1.29, 1.82) is 0 Å². The molecular weight excluding hydrogens is 294 g/mol. The Morgan fingerprint density at radius 1 is 1.50 bits per heavy atom. The van der Waals surface area contributed by atoms with Crippen LogP contribution < -0.4 is 5.32 Å². The Bertz CT molecular complexity index is 438. The second-order valence-electron chi connectivity index (χ2n) is 5.06. The molecule has 1 amide bonds. The molecule has 4 nitrogen and oxygen atoms in total. The molecule has 1 saturated carbocycles. The van der Waals surface area contributed by atoms with E-state index < -0.39 is 0 Å². The summed E-state index contributed by atoms with van der Waals surface area (Å²) in [5, 5.41) is 7.40. The zero-order valence-corrected chi connectivity index (χ0v) is 12.6. The number of hydrogen-bond donors (Lipinski definition) is 1. The van der Waals surface area contributed by atoms with Crippen LogP contribution in [-0.4, -0.2) is 22.2 Å². The SMILES string of the molecule is Cc1nn(CCC(=O)NCC2CCC2)c(C)c1Br. The maximum Gasteiger partial charge on any atom is 0.221 e. The monoisotopic (exact) mass is 313 g/mol. The molecule has 0 spiro atoms. The molecule has 0 unspecified atom stereocenters. The Kier molecular flexibility index (Phi) is 4.43. The van der Waals surface area contributed by atoms with Crippen LogP contribution in [0.15, 0.2) is 4.47 Å². The maximum absolute atomic E-state index is 11.7. The highest BCUT2D eigenvalue weighted by Crippen LogP contribution is 2.25. The van der Waals surface area contributed by atoms with E-state index in [0.29, 0.717) is 13.0 Å². The summed E-state index contributed by atoms with van der Waals surface area (Å²) in [5.41, 5.74) is 2.06. The maximum atomic E-state index is 11.7. The molecule has 0 bridgehead atoms. The van der Waals surface area contributed by atoms with Gasteiger partial charge in [-0.3, -0.25) is 9.48 Å². The van der Waals surface area contributed by atoms with Gasteiger partial charge >= 0.3 is 0 Å². The van der Waals surface area contributed by atoms with Crippen LogP contribution >= 0.6 is 15.9 Å². The van der Waals surface area contributed by atoms with Gasteiger partial charge in [0.15, 0.2) is 0 Å². The Morgan fingerprint density at radius 3 is 2.72 bits per heavy atom. The van der Waals surface area contributed by atoms with E-state index in [2.05, 4.69) is 26.3 Å². The molecule has 0 atom stereocenters. The summed E-state index contributed by atoms with van der Waals surface area (Å²) in [4.78, 5) is 11.7. The molecule has 1 N–H and O–H groups in total. The number of aryl methyl sites for hydroxylation is 2. The third-order valence-electron chi connectivity index (χ3n) is 3.66. The first-order chi connectivity index (χ1) is 8.58. The van der Waals surface area contributed by atoms with Gasteiger partial charge in [-0.05, 0) is 48.5 Å². The molecule has 1 aromatic rings. The molecule has 1 fully saturated rings. The van der Waals surface area contributed by atoms with E-state index >= 15 is 0 Å². The summed E-state index contributed by atoms with van der Waals surface area (Å²) >= 11 is 3.49. The number of nitrogens with zero attached hydrogens (tertiary/aromatic N) is 2. The van der Waals surface area contributed by atoms with Crippen molar-refractivity contribution in [2.75, 3.05) is 6.54 Å². The third kappa shape index (κ3) is 3.13. The molecule has 1 aromatic heterocycles. The van der Waals surface area contributed by atoms with Crippen LogP contribution in [0.3, 0.4) is 0 Å². The van der Waals surface area contributed by atoms with E-state index in [4.69, 9.17) is 0 Å². The van der Waals surface area contributed by atoms with Crippen LogP contribution in [0, 0.1) is 19.8 Å². The number of rotatable bonds is 5. The van der Waals surface area contributed by atoms with Crippen molar-refractivity contribution < 1.29 is 4.79 Å². The van der Waals surface area contributed by atoms with E-state index in [9.17, 15) is 4.79 Å². The van der Waals surface area contributed by atoms with Crippen LogP contribution in [0.5, 0.6) is 0 Å². The molecule has 100 valence electrons. The number of carbonyl (C=O) groups excluding carboxylic acids is 1. The van der Waals surface area contributed by atoms with E-state index in [1.54, 1.807) is 0 Å². The van der Waals surface area contributed by atoms with Crippen LogP contribution in [-0.2, 0) is 11.3 Å². The van der Waals surface area contributed by atoms with E-state index in [-0.39, 0.29) is 5.91 Å². The van der Waals surface area contributed by atoms with Crippen molar-refractivity contribution in [2.45, 2.75) is 46.1 Å². The Labute approximate surface area is 116 Å². The minimum atomic E-state index is 0.130. The third-order valence-corrected chi connectivity index (χ3v) is 4.80. The number of aromatic nitrogens is 2. The molecule has 0 aliphatic heterocycles. The molecule has 5 heteroatoms. The molecule has 0 saturated heterocycles. The highest BCUT2D eigenvalue weighted by Gasteiger charge is 2.18. The number of halogens is 1. The fourth-order valence-electron chi connectivity index (χ4n) is 2.14. The summed E-state index contributed by atoms with van der Waals surface area (Å²) in [6, 6.07) is 0. The first-order valence-electron chi connectivity index (χ1n) is 6.54. The summed E-state index contributed by atoms with van der Waals surface area (Å²) in [6.45, 7) is 5.47. The molecule has 2 rings (SSSR count). The molecule has 0 radical (unpaired) electrons. The molecular formula is C13H20BrN3O. The lowest BCUT2D eigenvalue weighted by Crippen LogP contribution is -2.32. The second-order valence-corrected chi connectivity index (χ2v) is 5.85.